The molecule has 228 valence electrons. The number of fused-ring (bicyclic) bond motifs is 5. The van der Waals surface area contributed by atoms with Crippen molar-refractivity contribution < 1.29 is 18.7 Å². The Morgan fingerprint density at radius 2 is 1.93 bits per heavy atom. The van der Waals surface area contributed by atoms with E-state index in [2.05, 4.69) is 34.2 Å². The lowest BCUT2D eigenvalue weighted by Gasteiger charge is -2.28. The number of aromatic nitrogens is 3. The molecular weight excluding hydrogens is 566 g/mol. The molecule has 1 aliphatic heterocycles. The number of nitrogens with zero attached hydrogens (tertiary/aromatic N) is 5. The molecule has 4 heterocycles. The first-order chi connectivity index (χ1) is 21.1. The van der Waals surface area contributed by atoms with E-state index in [9.17, 15) is 14.7 Å². The summed E-state index contributed by atoms with van der Waals surface area (Å²) in [5.74, 6) is -1.68. The molecule has 9 nitrogen and oxygen atoms in total. The molecule has 1 saturated carbocycles. The molecule has 3 aromatic heterocycles. The number of hydrogen-bond acceptors (Lipinski definition) is 7. The highest BCUT2D eigenvalue weighted by Gasteiger charge is 2.44. The Morgan fingerprint density at radius 3 is 2.66 bits per heavy atom. The van der Waals surface area contributed by atoms with Crippen molar-refractivity contribution >= 4 is 28.4 Å². The van der Waals surface area contributed by atoms with Crippen LogP contribution in [0.3, 0.4) is 0 Å². The molecule has 3 atom stereocenters. The van der Waals surface area contributed by atoms with Crippen molar-refractivity contribution in [3.63, 3.8) is 0 Å². The zero-order valence-electron chi connectivity index (χ0n) is 25.1. The van der Waals surface area contributed by atoms with Gasteiger partial charge in [0.05, 0.1) is 16.8 Å². The Labute approximate surface area is 253 Å². The number of hydrogen-bond donors (Lipinski definition) is 2. The SMILES string of the molecule is CNc1cc(F)c(F)c2c1Cc1ncc(-c3cnc4c(c3)c(=O)c(C(=O)O)cn4C)c(N3CC4[C@H](CC[C@H]4CN(C)C)C3)c1-2. The molecule has 44 heavy (non-hydrogen) atoms. The van der Waals surface area contributed by atoms with Crippen molar-refractivity contribution in [2.75, 3.05) is 51.0 Å². The van der Waals surface area contributed by atoms with Crippen LogP contribution < -0.4 is 15.6 Å². The number of carbonyl (C=O) groups is 1. The van der Waals surface area contributed by atoms with Gasteiger partial charge < -0.3 is 24.8 Å². The Hall–Kier alpha value is -4.38. The van der Waals surface area contributed by atoms with Crippen LogP contribution in [-0.4, -0.2) is 71.3 Å². The molecule has 0 radical (unpaired) electrons. The third-order valence-corrected chi connectivity index (χ3v) is 9.80. The molecule has 1 aromatic carbocycles. The Kier molecular flexibility index (Phi) is 6.69. The van der Waals surface area contributed by atoms with Crippen LogP contribution in [0.5, 0.6) is 0 Å². The van der Waals surface area contributed by atoms with Crippen molar-refractivity contribution in [2.45, 2.75) is 19.3 Å². The summed E-state index contributed by atoms with van der Waals surface area (Å²) in [4.78, 5) is 38.9. The summed E-state index contributed by atoms with van der Waals surface area (Å²) < 4.78 is 32.3. The number of pyridine rings is 3. The van der Waals surface area contributed by atoms with Crippen molar-refractivity contribution in [3.8, 4) is 22.3 Å². The number of nitrogens with one attached hydrogen (secondary N) is 1. The monoisotopic (exact) mass is 600 g/mol. The minimum atomic E-state index is -1.32. The fourth-order valence-corrected chi connectivity index (χ4v) is 7.89. The topological polar surface area (TPSA) is 104 Å². The van der Waals surface area contributed by atoms with E-state index in [-0.39, 0.29) is 16.5 Å². The number of anilines is 2. The van der Waals surface area contributed by atoms with Crippen LogP contribution in [0, 0.1) is 29.4 Å². The van der Waals surface area contributed by atoms with Crippen LogP contribution in [0.2, 0.25) is 0 Å². The quantitative estimate of drug-likeness (QED) is 0.291. The average Bonchev–Trinajstić information content (AvgIpc) is 3.69. The van der Waals surface area contributed by atoms with E-state index in [1.165, 1.54) is 23.3 Å². The standard InChI is InChI=1S/C33H34F2N6O3/c1-36-25-9-24(34)29(35)27-19(25)8-26-28(27)30(41-13-17-6-5-16(12-39(2)3)22(17)15-41)21(11-37-26)18-7-20-31(42)23(33(43)44)14-40(4)32(20)38-10-18/h7,9-11,14,16-17,22,36H,5-6,8,12-13,15H2,1-4H3,(H,43,44)/t16-,17+,22?/m0/s1. The second-order valence-corrected chi connectivity index (χ2v) is 12.7. The highest BCUT2D eigenvalue weighted by molar-refractivity contribution is 5.98. The first-order valence-corrected chi connectivity index (χ1v) is 14.9. The van der Waals surface area contributed by atoms with Crippen molar-refractivity contribution in [1.29, 1.82) is 0 Å². The third kappa shape index (κ3) is 4.28. The van der Waals surface area contributed by atoms with E-state index in [1.807, 2.05) is 0 Å². The van der Waals surface area contributed by atoms with Crippen molar-refractivity contribution in [2.24, 2.45) is 24.8 Å². The number of benzene rings is 1. The highest BCUT2D eigenvalue weighted by atomic mass is 19.2. The zero-order chi connectivity index (χ0) is 31.0. The minimum Gasteiger partial charge on any atom is -0.477 e. The van der Waals surface area contributed by atoms with E-state index < -0.39 is 23.0 Å². The van der Waals surface area contributed by atoms with Crippen molar-refractivity contribution in [1.82, 2.24) is 19.4 Å². The molecule has 3 aliphatic rings. The summed E-state index contributed by atoms with van der Waals surface area (Å²) >= 11 is 0. The molecule has 1 unspecified atom stereocenters. The molecule has 2 aliphatic carbocycles. The van der Waals surface area contributed by atoms with Gasteiger partial charge in [-0.25, -0.2) is 18.6 Å². The Bertz CT molecular complexity index is 1920. The van der Waals surface area contributed by atoms with E-state index in [4.69, 9.17) is 4.98 Å². The minimum absolute atomic E-state index is 0.163. The predicted molar refractivity (Wildman–Crippen MR) is 165 cm³/mol. The molecule has 0 bridgehead atoms. The molecule has 1 saturated heterocycles. The molecule has 2 N–H and O–H groups in total. The Morgan fingerprint density at radius 1 is 1.14 bits per heavy atom. The smallest absolute Gasteiger partial charge is 0.341 e. The number of carboxylic acid groups (broad SMARTS) is 1. The van der Waals surface area contributed by atoms with E-state index in [0.29, 0.717) is 63.5 Å². The van der Waals surface area contributed by atoms with Gasteiger partial charge in [0.1, 0.15) is 11.2 Å². The van der Waals surface area contributed by atoms with Gasteiger partial charge in [-0.2, -0.15) is 0 Å². The molecule has 0 spiro atoms. The van der Waals surface area contributed by atoms with Gasteiger partial charge in [0.15, 0.2) is 11.6 Å². The molecular formula is C33H34F2N6O3. The van der Waals surface area contributed by atoms with E-state index in [1.54, 1.807) is 32.6 Å². The molecule has 4 aromatic rings. The lowest BCUT2D eigenvalue weighted by Crippen LogP contribution is -2.29. The van der Waals surface area contributed by atoms with E-state index in [0.717, 1.165) is 31.7 Å². The molecule has 2 fully saturated rings. The lowest BCUT2D eigenvalue weighted by molar-refractivity contribution is 0.0695. The van der Waals surface area contributed by atoms with Crippen LogP contribution in [0.25, 0.3) is 33.3 Å². The maximum absolute atomic E-state index is 15.8. The summed E-state index contributed by atoms with van der Waals surface area (Å²) in [7, 11) is 7.52. The maximum atomic E-state index is 15.8. The maximum Gasteiger partial charge on any atom is 0.341 e. The number of rotatable bonds is 6. The first-order valence-electron chi connectivity index (χ1n) is 14.9. The number of aryl methyl sites for hydroxylation is 1. The number of carboxylic acids is 1. The molecule has 11 heteroatoms. The van der Waals surface area contributed by atoms with Gasteiger partial charge in [-0.3, -0.25) is 9.78 Å². The fourth-order valence-electron chi connectivity index (χ4n) is 7.89. The summed E-state index contributed by atoms with van der Waals surface area (Å²) in [5, 5.41) is 12.8. The summed E-state index contributed by atoms with van der Waals surface area (Å²) in [5.41, 5.74) is 3.96. The second kappa shape index (κ2) is 10.4. The van der Waals surface area contributed by atoms with Gasteiger partial charge >= 0.3 is 5.97 Å². The van der Waals surface area contributed by atoms with Gasteiger partial charge in [0.25, 0.3) is 0 Å². The van der Waals surface area contributed by atoms with Crippen LogP contribution >= 0.6 is 0 Å². The van der Waals surface area contributed by atoms with E-state index >= 15 is 8.78 Å². The number of halogens is 2. The summed E-state index contributed by atoms with van der Waals surface area (Å²) in [6, 6.07) is 2.84. The van der Waals surface area contributed by atoms with Gasteiger partial charge in [0, 0.05) is 92.7 Å². The van der Waals surface area contributed by atoms with Gasteiger partial charge in [0.2, 0.25) is 5.43 Å². The lowest BCUT2D eigenvalue weighted by atomic mass is 9.92. The van der Waals surface area contributed by atoms with Gasteiger partial charge in [-0.15, -0.1) is 0 Å². The zero-order valence-corrected chi connectivity index (χ0v) is 25.1. The summed E-state index contributed by atoms with van der Waals surface area (Å²) in [6.07, 6.45) is 7.26. The molecule has 0 amide bonds. The van der Waals surface area contributed by atoms with Crippen LogP contribution in [0.15, 0.2) is 35.5 Å². The summed E-state index contributed by atoms with van der Waals surface area (Å²) in [6.45, 7) is 2.53. The van der Waals surface area contributed by atoms with Crippen LogP contribution in [0.1, 0.15) is 34.5 Å². The average molecular weight is 601 g/mol. The third-order valence-electron chi connectivity index (χ3n) is 9.80. The second-order valence-electron chi connectivity index (χ2n) is 12.7. The largest absolute Gasteiger partial charge is 0.477 e. The van der Waals surface area contributed by atoms with Crippen molar-refractivity contribution in [3.05, 3.63) is 69.4 Å². The van der Waals surface area contributed by atoms with Gasteiger partial charge in [-0.1, -0.05) is 0 Å². The normalized spacial score (nSPS) is 20.3. The van der Waals surface area contributed by atoms with Crippen LogP contribution in [0.4, 0.5) is 20.2 Å². The van der Waals surface area contributed by atoms with Crippen LogP contribution in [-0.2, 0) is 13.5 Å². The highest BCUT2D eigenvalue weighted by Crippen LogP contribution is 2.53. The first kappa shape index (κ1) is 28.4. The Balaban J connectivity index is 1.46. The number of aromatic carboxylic acids is 1. The fraction of sp³-hybridized carbons (Fsp3) is 0.394. The van der Waals surface area contributed by atoms with Gasteiger partial charge in [-0.05, 0) is 56.3 Å². The molecule has 7 rings (SSSR count). The predicted octanol–water partition coefficient (Wildman–Crippen LogP) is 4.61.